The van der Waals surface area contributed by atoms with Gasteiger partial charge in [0.15, 0.2) is 0 Å². The smallest absolute Gasteiger partial charge is 0.202 e. The van der Waals surface area contributed by atoms with Crippen LogP contribution < -0.4 is 28.7 Å². The summed E-state index contributed by atoms with van der Waals surface area (Å²) in [5.41, 5.74) is 1.02. The second-order valence-corrected chi connectivity index (χ2v) is 3.49. The van der Waals surface area contributed by atoms with E-state index in [9.17, 15) is 0 Å². The molecule has 0 spiro atoms. The maximum atomic E-state index is 5.78. The van der Waals surface area contributed by atoms with Crippen LogP contribution in [0.5, 0.6) is 0 Å². The Labute approximate surface area is 117 Å². The van der Waals surface area contributed by atoms with Crippen LogP contribution in [0.1, 0.15) is 5.56 Å². The highest BCUT2D eigenvalue weighted by molar-refractivity contribution is 6.30. The van der Waals surface area contributed by atoms with Crippen molar-refractivity contribution in [2.75, 3.05) is 0 Å². The first kappa shape index (κ1) is 13.1. The molecule has 0 unspecified atom stereocenters. The van der Waals surface area contributed by atoms with Crippen molar-refractivity contribution in [1.82, 2.24) is 0 Å². The fourth-order valence-corrected chi connectivity index (χ4v) is 1.27. The van der Waals surface area contributed by atoms with Crippen LogP contribution in [0.3, 0.4) is 0 Å². The number of hydrogen-bond donors (Lipinski definition) is 0. The van der Waals surface area contributed by atoms with E-state index in [2.05, 4.69) is 5.10 Å². The Kier molecular flexibility index (Phi) is 5.42. The van der Waals surface area contributed by atoms with Crippen molar-refractivity contribution >= 4 is 17.8 Å². The SMILES string of the molecule is Clc1ccc(/C=N/[n+]2ccccc2)cc1.[I-]. The van der Waals surface area contributed by atoms with Gasteiger partial charge in [0, 0.05) is 17.2 Å². The highest BCUT2D eigenvalue weighted by Gasteiger charge is 1.93. The Bertz CT molecular complexity index is 454. The molecule has 0 amide bonds. The normalized spacial score (nSPS) is 10.1. The number of hydrogen-bond acceptors (Lipinski definition) is 1. The number of nitrogens with zero attached hydrogens (tertiary/aromatic N) is 2. The Morgan fingerprint density at radius 3 is 2.25 bits per heavy atom. The maximum absolute atomic E-state index is 5.78. The fraction of sp³-hybridized carbons (Fsp3) is 0. The molecule has 0 aliphatic rings. The van der Waals surface area contributed by atoms with Crippen molar-refractivity contribution in [3.63, 3.8) is 0 Å². The van der Waals surface area contributed by atoms with E-state index >= 15 is 0 Å². The summed E-state index contributed by atoms with van der Waals surface area (Å²) >= 11 is 5.78. The van der Waals surface area contributed by atoms with Gasteiger partial charge in [-0.1, -0.05) is 34.5 Å². The molecule has 0 fully saturated rings. The minimum atomic E-state index is 0. The molecule has 1 aromatic carbocycles. The molecule has 2 aromatic rings. The van der Waals surface area contributed by atoms with Gasteiger partial charge in [0.05, 0.1) is 0 Å². The lowest BCUT2D eigenvalue weighted by Crippen LogP contribution is -3.00. The Balaban J connectivity index is 0.00000128. The Morgan fingerprint density at radius 2 is 1.62 bits per heavy atom. The van der Waals surface area contributed by atoms with Crippen LogP contribution in [-0.4, -0.2) is 6.21 Å². The standard InChI is InChI=1S/C12H10ClN2.HI/c13-12-6-4-11(5-7-12)10-14-15-8-2-1-3-9-15;/h1-10H;1H/q+1;/p-1/b14-10+;. The minimum absolute atomic E-state index is 0. The molecule has 1 heterocycles. The lowest BCUT2D eigenvalue weighted by Gasteiger charge is -1.90. The molecule has 0 saturated heterocycles. The van der Waals surface area contributed by atoms with Gasteiger partial charge in [-0.3, -0.25) is 0 Å². The van der Waals surface area contributed by atoms with E-state index in [1.807, 2.05) is 54.9 Å². The molecule has 82 valence electrons. The first-order valence-electron chi connectivity index (χ1n) is 4.61. The van der Waals surface area contributed by atoms with Gasteiger partial charge >= 0.3 is 0 Å². The van der Waals surface area contributed by atoms with Gasteiger partial charge in [-0.15, -0.1) is 0 Å². The average molecular weight is 345 g/mol. The highest BCUT2D eigenvalue weighted by atomic mass is 127. The van der Waals surface area contributed by atoms with Gasteiger partial charge in [0.1, 0.15) is 6.21 Å². The van der Waals surface area contributed by atoms with E-state index in [0.717, 1.165) is 10.6 Å². The molecule has 2 rings (SSSR count). The summed E-state index contributed by atoms with van der Waals surface area (Å²) in [5.74, 6) is 0. The van der Waals surface area contributed by atoms with Gasteiger partial charge in [0.25, 0.3) is 0 Å². The van der Waals surface area contributed by atoms with Crippen molar-refractivity contribution in [3.05, 3.63) is 65.4 Å². The third kappa shape index (κ3) is 3.90. The largest absolute Gasteiger partial charge is 1.00 e. The van der Waals surface area contributed by atoms with Crippen LogP contribution in [0.4, 0.5) is 0 Å². The molecule has 0 N–H and O–H groups in total. The van der Waals surface area contributed by atoms with Gasteiger partial charge in [-0.05, 0) is 22.8 Å². The van der Waals surface area contributed by atoms with Crippen molar-refractivity contribution in [3.8, 4) is 0 Å². The second kappa shape index (κ2) is 6.60. The molecule has 2 nitrogen and oxygen atoms in total. The quantitative estimate of drug-likeness (QED) is 0.397. The van der Waals surface area contributed by atoms with Crippen LogP contribution in [0.2, 0.25) is 5.02 Å². The van der Waals surface area contributed by atoms with E-state index in [1.165, 1.54) is 0 Å². The molecule has 16 heavy (non-hydrogen) atoms. The number of benzene rings is 1. The van der Waals surface area contributed by atoms with Gasteiger partial charge in [-0.2, -0.15) is 0 Å². The zero-order valence-electron chi connectivity index (χ0n) is 8.42. The van der Waals surface area contributed by atoms with Crippen molar-refractivity contribution in [2.24, 2.45) is 5.10 Å². The molecule has 0 saturated carbocycles. The minimum Gasteiger partial charge on any atom is -1.00 e. The predicted octanol–water partition coefficient (Wildman–Crippen LogP) is -0.486. The summed E-state index contributed by atoms with van der Waals surface area (Å²) < 4.78 is 1.74. The highest BCUT2D eigenvalue weighted by Crippen LogP contribution is 2.07. The molecule has 4 heteroatoms. The molecule has 0 aliphatic carbocycles. The summed E-state index contributed by atoms with van der Waals surface area (Å²) in [6.07, 6.45) is 5.55. The number of pyridine rings is 1. The summed E-state index contributed by atoms with van der Waals surface area (Å²) in [6, 6.07) is 13.4. The van der Waals surface area contributed by atoms with Crippen LogP contribution in [0.25, 0.3) is 0 Å². The lowest BCUT2D eigenvalue weighted by molar-refractivity contribution is -0.678. The topological polar surface area (TPSA) is 16.2 Å². The first-order chi connectivity index (χ1) is 7.34. The Morgan fingerprint density at radius 1 is 1.00 bits per heavy atom. The van der Waals surface area contributed by atoms with Crippen molar-refractivity contribution in [1.29, 1.82) is 0 Å². The molecular formula is C12H10ClIN2. The van der Waals surface area contributed by atoms with E-state index in [-0.39, 0.29) is 24.0 Å². The third-order valence-corrected chi connectivity index (χ3v) is 2.16. The third-order valence-electron chi connectivity index (χ3n) is 1.91. The maximum Gasteiger partial charge on any atom is 0.202 e. The van der Waals surface area contributed by atoms with Crippen LogP contribution in [-0.2, 0) is 0 Å². The molecular weight excluding hydrogens is 335 g/mol. The van der Waals surface area contributed by atoms with Crippen molar-refractivity contribution < 1.29 is 28.7 Å². The summed E-state index contributed by atoms with van der Waals surface area (Å²) in [6.45, 7) is 0. The number of aromatic nitrogens is 1. The van der Waals surface area contributed by atoms with E-state index in [4.69, 9.17) is 11.6 Å². The lowest BCUT2D eigenvalue weighted by atomic mass is 10.2. The van der Waals surface area contributed by atoms with Crippen LogP contribution in [0, 0.1) is 0 Å². The summed E-state index contributed by atoms with van der Waals surface area (Å²) in [5, 5.41) is 4.99. The summed E-state index contributed by atoms with van der Waals surface area (Å²) in [7, 11) is 0. The first-order valence-corrected chi connectivity index (χ1v) is 4.98. The van der Waals surface area contributed by atoms with Gasteiger partial charge < -0.3 is 24.0 Å². The van der Waals surface area contributed by atoms with Crippen LogP contribution in [0.15, 0.2) is 60.0 Å². The van der Waals surface area contributed by atoms with Gasteiger partial charge in [0.2, 0.25) is 12.4 Å². The molecule has 0 bridgehead atoms. The fourth-order valence-electron chi connectivity index (χ4n) is 1.15. The van der Waals surface area contributed by atoms with E-state index < -0.39 is 0 Å². The van der Waals surface area contributed by atoms with Crippen molar-refractivity contribution in [2.45, 2.75) is 0 Å². The second-order valence-electron chi connectivity index (χ2n) is 3.05. The monoisotopic (exact) mass is 344 g/mol. The van der Waals surface area contributed by atoms with Crippen LogP contribution >= 0.6 is 11.6 Å². The molecule has 0 aliphatic heterocycles. The molecule has 0 radical (unpaired) electrons. The zero-order chi connectivity index (χ0) is 10.5. The average Bonchev–Trinajstić information content (AvgIpc) is 2.30. The zero-order valence-corrected chi connectivity index (χ0v) is 11.3. The molecule has 0 atom stereocenters. The van der Waals surface area contributed by atoms with Gasteiger partial charge in [-0.25, -0.2) is 0 Å². The summed E-state index contributed by atoms with van der Waals surface area (Å²) in [4.78, 5) is 0. The Hall–Kier alpha value is -0.940. The number of halogens is 2. The number of rotatable bonds is 2. The molecule has 1 aromatic heterocycles. The van der Waals surface area contributed by atoms with E-state index in [0.29, 0.717) is 0 Å². The predicted molar refractivity (Wildman–Crippen MR) is 61.1 cm³/mol. The van der Waals surface area contributed by atoms with E-state index in [1.54, 1.807) is 10.9 Å².